The summed E-state index contributed by atoms with van der Waals surface area (Å²) in [7, 11) is 0. The van der Waals surface area contributed by atoms with Gasteiger partial charge in [0.2, 0.25) is 5.91 Å². The molecule has 0 bridgehead atoms. The molecular formula is C44H85NO5. The van der Waals surface area contributed by atoms with E-state index in [1.54, 1.807) is 0 Å². The van der Waals surface area contributed by atoms with Crippen LogP contribution >= 0.6 is 0 Å². The number of allylic oxidation sites excluding steroid dienone is 2. The first-order valence-electron chi connectivity index (χ1n) is 21.9. The second kappa shape index (κ2) is 40.4. The van der Waals surface area contributed by atoms with E-state index in [1.165, 1.54) is 128 Å². The SMILES string of the molecule is CCCCCCCCCCCCCCCC(=O)OCCCCCC/C=C\CCCC(=O)NC(CO)C(O)CCCCCCCCCCCCC. The summed E-state index contributed by atoms with van der Waals surface area (Å²) in [5, 5.41) is 23.0. The van der Waals surface area contributed by atoms with E-state index in [-0.39, 0.29) is 18.5 Å². The van der Waals surface area contributed by atoms with E-state index >= 15 is 0 Å². The summed E-state index contributed by atoms with van der Waals surface area (Å²) in [6.45, 7) is 4.84. The maximum Gasteiger partial charge on any atom is 0.305 e. The van der Waals surface area contributed by atoms with Crippen molar-refractivity contribution in [3.63, 3.8) is 0 Å². The highest BCUT2D eigenvalue weighted by atomic mass is 16.5. The first-order valence-corrected chi connectivity index (χ1v) is 21.9. The summed E-state index contributed by atoms with van der Waals surface area (Å²) in [6, 6.07) is -0.575. The zero-order valence-electron chi connectivity index (χ0n) is 33.4. The lowest BCUT2D eigenvalue weighted by Crippen LogP contribution is -2.45. The third-order valence-corrected chi connectivity index (χ3v) is 10.1. The Morgan fingerprint density at radius 3 is 1.46 bits per heavy atom. The van der Waals surface area contributed by atoms with Crippen molar-refractivity contribution in [2.45, 2.75) is 244 Å². The Bertz CT molecular complexity index is 742. The predicted octanol–water partition coefficient (Wildman–Crippen LogP) is 12.2. The van der Waals surface area contributed by atoms with Crippen molar-refractivity contribution >= 4 is 11.9 Å². The standard InChI is InChI=1S/C44H85NO5/c1-3-5-7-9-11-13-15-16-18-22-26-30-34-38-44(49)50-39-35-31-27-23-19-21-25-29-33-37-43(48)45-41(40-46)42(47)36-32-28-24-20-17-14-12-10-8-6-4-2/h21,25,41-42,46-47H,3-20,22-24,26-40H2,1-2H3,(H,45,48)/b25-21-. The number of unbranched alkanes of at least 4 members (excludes halogenated alkanes) is 27. The van der Waals surface area contributed by atoms with Gasteiger partial charge < -0.3 is 20.3 Å². The molecule has 3 N–H and O–H groups in total. The highest BCUT2D eigenvalue weighted by Crippen LogP contribution is 2.15. The van der Waals surface area contributed by atoms with Crippen LogP contribution < -0.4 is 5.32 Å². The number of nitrogens with one attached hydrogen (secondary N) is 1. The molecule has 0 heterocycles. The summed E-state index contributed by atoms with van der Waals surface area (Å²) in [5.74, 6) is -0.132. The molecule has 0 aromatic rings. The summed E-state index contributed by atoms with van der Waals surface area (Å²) in [4.78, 5) is 24.3. The van der Waals surface area contributed by atoms with Gasteiger partial charge in [0.1, 0.15) is 0 Å². The van der Waals surface area contributed by atoms with Crippen molar-refractivity contribution in [1.29, 1.82) is 0 Å². The fraction of sp³-hybridized carbons (Fsp3) is 0.909. The number of carbonyl (C=O) groups is 2. The molecule has 6 nitrogen and oxygen atoms in total. The Labute approximate surface area is 310 Å². The fourth-order valence-electron chi connectivity index (χ4n) is 6.64. The summed E-state index contributed by atoms with van der Waals surface area (Å²) in [5.41, 5.74) is 0. The van der Waals surface area contributed by atoms with Gasteiger partial charge in [0.25, 0.3) is 0 Å². The van der Waals surface area contributed by atoms with Crippen LogP contribution in [0, 0.1) is 0 Å². The van der Waals surface area contributed by atoms with Crippen LogP contribution in [0.1, 0.15) is 232 Å². The largest absolute Gasteiger partial charge is 0.466 e. The smallest absolute Gasteiger partial charge is 0.305 e. The zero-order chi connectivity index (χ0) is 36.6. The first-order chi connectivity index (χ1) is 24.5. The molecule has 0 fully saturated rings. The average molecular weight is 708 g/mol. The van der Waals surface area contributed by atoms with E-state index in [2.05, 4.69) is 31.3 Å². The molecule has 0 saturated heterocycles. The van der Waals surface area contributed by atoms with Gasteiger partial charge in [-0.1, -0.05) is 187 Å². The molecule has 6 heteroatoms. The Hall–Kier alpha value is -1.40. The van der Waals surface area contributed by atoms with E-state index < -0.39 is 12.1 Å². The van der Waals surface area contributed by atoms with Gasteiger partial charge in [-0.2, -0.15) is 0 Å². The van der Waals surface area contributed by atoms with E-state index in [9.17, 15) is 19.8 Å². The highest BCUT2D eigenvalue weighted by molar-refractivity contribution is 5.76. The van der Waals surface area contributed by atoms with Crippen LogP contribution in [0.25, 0.3) is 0 Å². The van der Waals surface area contributed by atoms with Crippen molar-refractivity contribution in [3.8, 4) is 0 Å². The third-order valence-electron chi connectivity index (χ3n) is 10.1. The van der Waals surface area contributed by atoms with Crippen molar-refractivity contribution in [2.75, 3.05) is 13.2 Å². The maximum absolute atomic E-state index is 12.3. The van der Waals surface area contributed by atoms with E-state index in [0.29, 0.717) is 25.9 Å². The van der Waals surface area contributed by atoms with Gasteiger partial charge in [-0.05, 0) is 44.9 Å². The molecule has 1 amide bonds. The number of aliphatic hydroxyl groups excluding tert-OH is 2. The first kappa shape index (κ1) is 48.6. The second-order valence-electron chi connectivity index (χ2n) is 15.0. The van der Waals surface area contributed by atoms with Crippen molar-refractivity contribution in [3.05, 3.63) is 12.2 Å². The number of aliphatic hydroxyl groups is 2. The van der Waals surface area contributed by atoms with Crippen molar-refractivity contribution in [2.24, 2.45) is 0 Å². The normalized spacial score (nSPS) is 12.8. The molecular weight excluding hydrogens is 622 g/mol. The lowest BCUT2D eigenvalue weighted by Gasteiger charge is -2.22. The van der Waals surface area contributed by atoms with Crippen LogP contribution in [0.15, 0.2) is 12.2 Å². The average Bonchev–Trinajstić information content (AvgIpc) is 3.11. The number of carbonyl (C=O) groups excluding carboxylic acids is 2. The van der Waals surface area contributed by atoms with Crippen LogP contribution in [0.5, 0.6) is 0 Å². The Morgan fingerprint density at radius 2 is 0.960 bits per heavy atom. The lowest BCUT2D eigenvalue weighted by molar-refractivity contribution is -0.143. The Kier molecular flexibility index (Phi) is 39.2. The minimum absolute atomic E-state index is 0.0349. The number of ether oxygens (including phenoxy) is 1. The molecule has 0 radical (unpaired) electrons. The molecule has 0 saturated carbocycles. The van der Waals surface area contributed by atoms with E-state index in [4.69, 9.17) is 4.74 Å². The summed E-state index contributed by atoms with van der Waals surface area (Å²) in [6.07, 6.45) is 43.1. The number of hydrogen-bond donors (Lipinski definition) is 3. The van der Waals surface area contributed by atoms with Crippen LogP contribution in [0.3, 0.4) is 0 Å². The van der Waals surface area contributed by atoms with E-state index in [1.807, 2.05) is 0 Å². The Morgan fingerprint density at radius 1 is 0.540 bits per heavy atom. The number of amides is 1. The van der Waals surface area contributed by atoms with Crippen molar-refractivity contribution < 1.29 is 24.5 Å². The predicted molar refractivity (Wildman–Crippen MR) is 213 cm³/mol. The van der Waals surface area contributed by atoms with Crippen LogP contribution in [0.2, 0.25) is 0 Å². The third kappa shape index (κ3) is 36.4. The molecule has 0 aliphatic carbocycles. The number of rotatable bonds is 40. The molecule has 2 unspecified atom stereocenters. The van der Waals surface area contributed by atoms with Gasteiger partial charge in [-0.3, -0.25) is 9.59 Å². The van der Waals surface area contributed by atoms with Gasteiger partial charge in [0.15, 0.2) is 0 Å². The zero-order valence-corrected chi connectivity index (χ0v) is 33.4. The van der Waals surface area contributed by atoms with Crippen LogP contribution in [-0.4, -0.2) is 47.4 Å². The molecule has 0 rings (SSSR count). The Balaban J connectivity index is 3.54. The van der Waals surface area contributed by atoms with Gasteiger partial charge in [0, 0.05) is 12.8 Å². The summed E-state index contributed by atoms with van der Waals surface area (Å²) < 4.78 is 5.42. The fourth-order valence-corrected chi connectivity index (χ4v) is 6.64. The second-order valence-corrected chi connectivity index (χ2v) is 15.0. The molecule has 50 heavy (non-hydrogen) atoms. The molecule has 0 aromatic carbocycles. The monoisotopic (exact) mass is 708 g/mol. The molecule has 0 aromatic heterocycles. The molecule has 0 aliphatic rings. The lowest BCUT2D eigenvalue weighted by atomic mass is 10.0. The number of esters is 1. The summed E-state index contributed by atoms with van der Waals surface area (Å²) >= 11 is 0. The van der Waals surface area contributed by atoms with Gasteiger partial charge >= 0.3 is 5.97 Å². The van der Waals surface area contributed by atoms with Gasteiger partial charge in [-0.15, -0.1) is 0 Å². The number of hydrogen-bond acceptors (Lipinski definition) is 5. The molecule has 0 aliphatic heterocycles. The maximum atomic E-state index is 12.3. The quantitative estimate of drug-likeness (QED) is 0.0335. The van der Waals surface area contributed by atoms with Crippen LogP contribution in [-0.2, 0) is 14.3 Å². The molecule has 0 spiro atoms. The molecule has 296 valence electrons. The topological polar surface area (TPSA) is 95.9 Å². The minimum Gasteiger partial charge on any atom is -0.466 e. The van der Waals surface area contributed by atoms with Crippen molar-refractivity contribution in [1.82, 2.24) is 5.32 Å². The minimum atomic E-state index is -0.691. The van der Waals surface area contributed by atoms with Gasteiger partial charge in [-0.25, -0.2) is 0 Å². The van der Waals surface area contributed by atoms with Crippen LogP contribution in [0.4, 0.5) is 0 Å². The highest BCUT2D eigenvalue weighted by Gasteiger charge is 2.19. The van der Waals surface area contributed by atoms with E-state index in [0.717, 1.165) is 70.6 Å². The van der Waals surface area contributed by atoms with Gasteiger partial charge in [0.05, 0.1) is 25.4 Å². The molecule has 2 atom stereocenters.